The summed E-state index contributed by atoms with van der Waals surface area (Å²) < 4.78 is 41.0. The van der Waals surface area contributed by atoms with Crippen LogP contribution < -0.4 is 0 Å². The van der Waals surface area contributed by atoms with Crippen molar-refractivity contribution < 1.29 is 18.0 Å². The molecule has 1 unspecified atom stereocenters. The van der Waals surface area contributed by atoms with Gasteiger partial charge in [0, 0.05) is 30.9 Å². The molecule has 0 radical (unpaired) electrons. The molecule has 1 aromatic heterocycles. The van der Waals surface area contributed by atoms with Crippen LogP contribution in [0.25, 0.3) is 5.69 Å². The molecule has 8 heteroatoms. The lowest BCUT2D eigenvalue weighted by Crippen LogP contribution is -2.45. The van der Waals surface area contributed by atoms with Crippen LogP contribution in [0.3, 0.4) is 0 Å². The third-order valence-electron chi connectivity index (χ3n) is 7.45. The number of carbonyl (C=O) groups excluding carboxylic acids is 1. The van der Waals surface area contributed by atoms with E-state index < -0.39 is 11.7 Å². The van der Waals surface area contributed by atoms with Gasteiger partial charge in [-0.2, -0.15) is 18.3 Å². The Morgan fingerprint density at radius 1 is 1.12 bits per heavy atom. The molecule has 0 saturated carbocycles. The molecule has 1 atom stereocenters. The zero-order valence-electron chi connectivity index (χ0n) is 20.4. The number of amides is 1. The molecule has 0 aliphatic carbocycles. The molecule has 2 aromatic rings. The van der Waals surface area contributed by atoms with Gasteiger partial charge in [0.05, 0.1) is 23.4 Å². The van der Waals surface area contributed by atoms with Crippen LogP contribution in [0.4, 0.5) is 13.2 Å². The standard InChI is InChI=1S/C26H35F3N4O/c1-18-9-12-31(13-10-18)16-21-6-5-11-32(17-21)25(34)15-24-19(2)30-33(20(24)3)23-8-4-7-22(14-23)26(27,28)29/h4,7-8,14,18,21H,5-6,9-13,15-17H2,1-3H3. The van der Waals surface area contributed by atoms with E-state index in [1.807, 2.05) is 18.7 Å². The highest BCUT2D eigenvalue weighted by Gasteiger charge is 2.31. The Morgan fingerprint density at radius 2 is 1.85 bits per heavy atom. The molecule has 0 bridgehead atoms. The Kier molecular flexibility index (Phi) is 7.36. The van der Waals surface area contributed by atoms with E-state index in [9.17, 15) is 18.0 Å². The van der Waals surface area contributed by atoms with Crippen LogP contribution in [0.5, 0.6) is 0 Å². The van der Waals surface area contributed by atoms with E-state index in [2.05, 4.69) is 16.9 Å². The SMILES string of the molecule is Cc1nn(-c2cccc(C(F)(F)F)c2)c(C)c1CC(=O)N1CCCC(CN2CCC(C)CC2)C1. The largest absolute Gasteiger partial charge is 0.416 e. The van der Waals surface area contributed by atoms with E-state index in [1.54, 1.807) is 6.07 Å². The lowest BCUT2D eigenvalue weighted by atomic mass is 9.94. The summed E-state index contributed by atoms with van der Waals surface area (Å²) in [7, 11) is 0. The number of hydrogen-bond donors (Lipinski definition) is 0. The predicted molar refractivity (Wildman–Crippen MR) is 126 cm³/mol. The quantitative estimate of drug-likeness (QED) is 0.609. The van der Waals surface area contributed by atoms with Crippen LogP contribution in [0, 0.1) is 25.7 Å². The summed E-state index contributed by atoms with van der Waals surface area (Å²) in [6, 6.07) is 5.14. The highest BCUT2D eigenvalue weighted by atomic mass is 19.4. The van der Waals surface area contributed by atoms with Gasteiger partial charge in [0.2, 0.25) is 5.91 Å². The smallest absolute Gasteiger partial charge is 0.342 e. The second kappa shape index (κ2) is 10.1. The van der Waals surface area contributed by atoms with Crippen LogP contribution >= 0.6 is 0 Å². The topological polar surface area (TPSA) is 41.4 Å². The Hall–Kier alpha value is -2.35. The number of benzene rings is 1. The first-order chi connectivity index (χ1) is 16.1. The van der Waals surface area contributed by atoms with Crippen molar-refractivity contribution in [3.05, 3.63) is 46.8 Å². The van der Waals surface area contributed by atoms with E-state index in [4.69, 9.17) is 0 Å². The Balaban J connectivity index is 1.43. The summed E-state index contributed by atoms with van der Waals surface area (Å²) in [4.78, 5) is 17.7. The Labute approximate surface area is 199 Å². The molecule has 2 aliphatic heterocycles. The summed E-state index contributed by atoms with van der Waals surface area (Å²) in [6.07, 6.45) is 0.490. The van der Waals surface area contributed by atoms with Crippen LogP contribution in [0.1, 0.15) is 55.1 Å². The van der Waals surface area contributed by atoms with Gasteiger partial charge in [-0.1, -0.05) is 13.0 Å². The van der Waals surface area contributed by atoms with Crippen LogP contribution in [-0.4, -0.2) is 58.2 Å². The normalized spacial score (nSPS) is 20.6. The van der Waals surface area contributed by atoms with Crippen molar-refractivity contribution in [2.75, 3.05) is 32.7 Å². The van der Waals surface area contributed by atoms with Crippen molar-refractivity contribution in [2.45, 2.75) is 59.1 Å². The molecule has 3 heterocycles. The van der Waals surface area contributed by atoms with Gasteiger partial charge in [0.25, 0.3) is 0 Å². The van der Waals surface area contributed by atoms with Crippen molar-refractivity contribution >= 4 is 5.91 Å². The number of carbonyl (C=O) groups is 1. The van der Waals surface area contributed by atoms with Gasteiger partial charge in [-0.05, 0) is 82.7 Å². The van der Waals surface area contributed by atoms with Gasteiger partial charge in [0.15, 0.2) is 0 Å². The molecule has 2 fully saturated rings. The number of aryl methyl sites for hydroxylation is 1. The Bertz CT molecular complexity index is 1010. The zero-order valence-corrected chi connectivity index (χ0v) is 20.4. The van der Waals surface area contributed by atoms with E-state index in [-0.39, 0.29) is 12.3 Å². The van der Waals surface area contributed by atoms with E-state index in [0.29, 0.717) is 23.0 Å². The van der Waals surface area contributed by atoms with Crippen molar-refractivity contribution in [1.29, 1.82) is 0 Å². The summed E-state index contributed by atoms with van der Waals surface area (Å²) in [5, 5.41) is 4.47. The Morgan fingerprint density at radius 3 is 2.56 bits per heavy atom. The number of aromatic nitrogens is 2. The maximum absolute atomic E-state index is 13.2. The zero-order chi connectivity index (χ0) is 24.5. The molecule has 0 spiro atoms. The van der Waals surface area contributed by atoms with Gasteiger partial charge in [-0.15, -0.1) is 0 Å². The summed E-state index contributed by atoms with van der Waals surface area (Å²) in [5.74, 6) is 1.39. The highest BCUT2D eigenvalue weighted by molar-refractivity contribution is 5.79. The van der Waals surface area contributed by atoms with Crippen LogP contribution in [0.15, 0.2) is 24.3 Å². The molecule has 186 valence electrons. The number of nitrogens with zero attached hydrogens (tertiary/aromatic N) is 4. The molecular formula is C26H35F3N4O. The maximum atomic E-state index is 13.2. The predicted octanol–water partition coefficient (Wildman–Crippen LogP) is 5.02. The molecule has 5 nitrogen and oxygen atoms in total. The average molecular weight is 477 g/mol. The first-order valence-electron chi connectivity index (χ1n) is 12.3. The molecule has 2 saturated heterocycles. The number of likely N-dealkylation sites (tertiary alicyclic amines) is 2. The van der Waals surface area contributed by atoms with Gasteiger partial charge >= 0.3 is 6.18 Å². The van der Waals surface area contributed by atoms with Gasteiger partial charge < -0.3 is 9.80 Å². The fourth-order valence-corrected chi connectivity index (χ4v) is 5.31. The molecule has 2 aliphatic rings. The minimum absolute atomic E-state index is 0.0757. The molecular weight excluding hydrogens is 441 g/mol. The number of rotatable bonds is 5. The second-order valence-electron chi connectivity index (χ2n) is 10.1. The van der Waals surface area contributed by atoms with Crippen molar-refractivity contribution in [1.82, 2.24) is 19.6 Å². The number of hydrogen-bond acceptors (Lipinski definition) is 3. The second-order valence-corrected chi connectivity index (χ2v) is 10.1. The fourth-order valence-electron chi connectivity index (χ4n) is 5.31. The first-order valence-corrected chi connectivity index (χ1v) is 12.3. The summed E-state index contributed by atoms with van der Waals surface area (Å²) >= 11 is 0. The van der Waals surface area contributed by atoms with E-state index >= 15 is 0 Å². The molecule has 0 N–H and O–H groups in total. The third kappa shape index (κ3) is 5.65. The molecule has 1 aromatic carbocycles. The molecule has 1 amide bonds. The van der Waals surface area contributed by atoms with Crippen molar-refractivity contribution in [2.24, 2.45) is 11.8 Å². The number of halogens is 3. The monoisotopic (exact) mass is 476 g/mol. The number of alkyl halides is 3. The lowest BCUT2D eigenvalue weighted by molar-refractivity contribution is -0.137. The highest BCUT2D eigenvalue weighted by Crippen LogP contribution is 2.31. The van der Waals surface area contributed by atoms with Gasteiger partial charge in [-0.25, -0.2) is 4.68 Å². The fraction of sp³-hybridized carbons (Fsp3) is 0.615. The van der Waals surface area contributed by atoms with Gasteiger partial charge in [0.1, 0.15) is 0 Å². The number of piperidine rings is 2. The van der Waals surface area contributed by atoms with Gasteiger partial charge in [-0.3, -0.25) is 4.79 Å². The van der Waals surface area contributed by atoms with Crippen LogP contribution in [0.2, 0.25) is 0 Å². The van der Waals surface area contributed by atoms with Crippen molar-refractivity contribution in [3.8, 4) is 5.69 Å². The molecule has 4 rings (SSSR count). The molecule has 34 heavy (non-hydrogen) atoms. The van der Waals surface area contributed by atoms with Crippen molar-refractivity contribution in [3.63, 3.8) is 0 Å². The maximum Gasteiger partial charge on any atom is 0.416 e. The lowest BCUT2D eigenvalue weighted by Gasteiger charge is -2.38. The average Bonchev–Trinajstić information content (AvgIpc) is 3.08. The summed E-state index contributed by atoms with van der Waals surface area (Å²) in [5.41, 5.74) is 1.83. The van der Waals surface area contributed by atoms with E-state index in [0.717, 1.165) is 69.2 Å². The third-order valence-corrected chi connectivity index (χ3v) is 7.45. The summed E-state index contributed by atoms with van der Waals surface area (Å²) in [6.45, 7) is 10.9. The first kappa shape index (κ1) is 24.8. The van der Waals surface area contributed by atoms with E-state index in [1.165, 1.54) is 23.6 Å². The minimum atomic E-state index is -4.41. The minimum Gasteiger partial charge on any atom is -0.342 e. The van der Waals surface area contributed by atoms with Crippen LogP contribution in [-0.2, 0) is 17.4 Å².